The summed E-state index contributed by atoms with van der Waals surface area (Å²) in [4.78, 5) is 4.09. The van der Waals surface area contributed by atoms with Crippen LogP contribution < -0.4 is 10.0 Å². The van der Waals surface area contributed by atoms with E-state index < -0.39 is 10.0 Å². The molecule has 6 nitrogen and oxygen atoms in total. The van der Waals surface area contributed by atoms with Gasteiger partial charge >= 0.3 is 0 Å². The first-order valence-electron chi connectivity index (χ1n) is 6.24. The second-order valence-electron chi connectivity index (χ2n) is 4.70. The summed E-state index contributed by atoms with van der Waals surface area (Å²) >= 11 is 0. The van der Waals surface area contributed by atoms with Crippen LogP contribution in [0.2, 0.25) is 0 Å². The topological polar surface area (TPSA) is 76.0 Å². The Morgan fingerprint density at radius 2 is 2.39 bits per heavy atom. The molecule has 0 aromatic carbocycles. The van der Waals surface area contributed by atoms with Gasteiger partial charge in [0, 0.05) is 25.5 Å². The molecule has 1 aliphatic rings. The molecule has 0 aliphatic carbocycles. The van der Waals surface area contributed by atoms with Gasteiger partial charge in [-0.25, -0.2) is 18.1 Å². The van der Waals surface area contributed by atoms with E-state index in [9.17, 15) is 8.42 Å². The Morgan fingerprint density at radius 3 is 3.00 bits per heavy atom. The van der Waals surface area contributed by atoms with Crippen molar-refractivity contribution >= 4 is 10.0 Å². The van der Waals surface area contributed by atoms with Gasteiger partial charge in [-0.2, -0.15) is 0 Å². The minimum Gasteiger partial charge on any atom is -0.337 e. The summed E-state index contributed by atoms with van der Waals surface area (Å²) in [6.07, 6.45) is 6.63. The van der Waals surface area contributed by atoms with Crippen molar-refractivity contribution in [3.05, 3.63) is 18.2 Å². The van der Waals surface area contributed by atoms with Crippen LogP contribution in [0.15, 0.2) is 12.4 Å². The van der Waals surface area contributed by atoms with E-state index in [1.807, 2.05) is 7.05 Å². The molecule has 2 rings (SSSR count). The molecule has 0 spiro atoms. The zero-order chi connectivity index (χ0) is 13.0. The Labute approximate surface area is 108 Å². The van der Waals surface area contributed by atoms with Crippen LogP contribution in [-0.2, 0) is 23.6 Å². The summed E-state index contributed by atoms with van der Waals surface area (Å²) in [5.74, 6) is 0.868. The first-order valence-corrected chi connectivity index (χ1v) is 7.89. The average Bonchev–Trinajstić information content (AvgIpc) is 2.73. The largest absolute Gasteiger partial charge is 0.337 e. The van der Waals surface area contributed by atoms with Gasteiger partial charge < -0.3 is 9.88 Å². The number of nitrogens with one attached hydrogen (secondary N) is 2. The number of piperidine rings is 1. The number of rotatable bonds is 5. The van der Waals surface area contributed by atoms with Crippen molar-refractivity contribution in [3.8, 4) is 0 Å². The van der Waals surface area contributed by atoms with Crippen LogP contribution in [0.5, 0.6) is 0 Å². The molecule has 102 valence electrons. The third kappa shape index (κ3) is 3.79. The molecule has 0 saturated carbocycles. The predicted octanol–water partition coefficient (Wildman–Crippen LogP) is -0.0184. The number of aromatic nitrogens is 2. The van der Waals surface area contributed by atoms with Crippen molar-refractivity contribution in [2.45, 2.75) is 31.8 Å². The van der Waals surface area contributed by atoms with E-state index in [2.05, 4.69) is 15.0 Å². The maximum atomic E-state index is 11.9. The minimum absolute atomic E-state index is 0.0811. The van der Waals surface area contributed by atoms with Crippen molar-refractivity contribution in [1.82, 2.24) is 19.6 Å². The Hall–Kier alpha value is -0.920. The smallest absolute Gasteiger partial charge is 0.213 e. The van der Waals surface area contributed by atoms with Gasteiger partial charge in [-0.3, -0.25) is 0 Å². The molecule has 1 saturated heterocycles. The van der Waals surface area contributed by atoms with Crippen molar-refractivity contribution in [3.63, 3.8) is 0 Å². The van der Waals surface area contributed by atoms with Gasteiger partial charge in [-0.1, -0.05) is 6.42 Å². The van der Waals surface area contributed by atoms with E-state index in [-0.39, 0.29) is 18.3 Å². The molecular formula is C11H20N4O2S. The molecule has 1 unspecified atom stereocenters. The lowest BCUT2D eigenvalue weighted by Gasteiger charge is -2.23. The highest BCUT2D eigenvalue weighted by Crippen LogP contribution is 2.08. The number of hydrogen-bond acceptors (Lipinski definition) is 4. The van der Waals surface area contributed by atoms with Crippen molar-refractivity contribution in [2.75, 3.05) is 12.3 Å². The zero-order valence-corrected chi connectivity index (χ0v) is 11.4. The third-order valence-corrected chi connectivity index (χ3v) is 4.63. The van der Waals surface area contributed by atoms with Crippen molar-refractivity contribution in [2.24, 2.45) is 7.05 Å². The van der Waals surface area contributed by atoms with Crippen LogP contribution in [0, 0.1) is 0 Å². The third-order valence-electron chi connectivity index (χ3n) is 3.20. The number of sulfonamides is 1. The molecule has 2 N–H and O–H groups in total. The van der Waals surface area contributed by atoms with Crippen LogP contribution in [0.25, 0.3) is 0 Å². The van der Waals surface area contributed by atoms with E-state index in [0.717, 1.165) is 31.6 Å². The standard InChI is InChI=1S/C11H20N4O2S/c1-15-7-6-13-11(15)8-14-18(16,17)9-10-4-2-3-5-12-10/h6-7,10,12,14H,2-5,8-9H2,1H3. The lowest BCUT2D eigenvalue weighted by atomic mass is 10.1. The summed E-state index contributed by atoms with van der Waals surface area (Å²) in [7, 11) is -1.39. The quantitative estimate of drug-likeness (QED) is 0.790. The fourth-order valence-electron chi connectivity index (χ4n) is 2.13. The van der Waals surface area contributed by atoms with Gasteiger partial charge in [0.15, 0.2) is 0 Å². The van der Waals surface area contributed by atoms with Gasteiger partial charge in [0.25, 0.3) is 0 Å². The lowest BCUT2D eigenvalue weighted by molar-refractivity contribution is 0.422. The van der Waals surface area contributed by atoms with Gasteiger partial charge in [-0.05, 0) is 19.4 Å². The zero-order valence-electron chi connectivity index (χ0n) is 10.6. The maximum Gasteiger partial charge on any atom is 0.213 e. The van der Waals surface area contributed by atoms with E-state index in [0.29, 0.717) is 0 Å². The number of imidazole rings is 1. The van der Waals surface area contributed by atoms with E-state index in [1.54, 1.807) is 17.0 Å². The molecule has 1 aromatic rings. The summed E-state index contributed by atoms with van der Waals surface area (Å²) < 4.78 is 28.2. The van der Waals surface area contributed by atoms with Crippen LogP contribution in [0.3, 0.4) is 0 Å². The highest BCUT2D eigenvalue weighted by atomic mass is 32.2. The van der Waals surface area contributed by atoms with Crippen LogP contribution >= 0.6 is 0 Å². The molecule has 1 aromatic heterocycles. The number of aryl methyl sites for hydroxylation is 1. The van der Waals surface area contributed by atoms with Gasteiger partial charge in [0.2, 0.25) is 10.0 Å². The minimum atomic E-state index is -3.24. The Bertz CT molecular complexity index is 477. The predicted molar refractivity (Wildman–Crippen MR) is 69.5 cm³/mol. The lowest BCUT2D eigenvalue weighted by Crippen LogP contribution is -2.42. The molecule has 1 fully saturated rings. The second kappa shape index (κ2) is 5.81. The normalized spacial score (nSPS) is 21.1. The molecule has 7 heteroatoms. The van der Waals surface area contributed by atoms with Gasteiger partial charge in [-0.15, -0.1) is 0 Å². The van der Waals surface area contributed by atoms with E-state index in [4.69, 9.17) is 0 Å². The molecule has 0 radical (unpaired) electrons. The van der Waals surface area contributed by atoms with Crippen molar-refractivity contribution in [1.29, 1.82) is 0 Å². The number of nitrogens with zero attached hydrogens (tertiary/aromatic N) is 2. The molecule has 1 atom stereocenters. The van der Waals surface area contributed by atoms with Crippen LogP contribution in [0.1, 0.15) is 25.1 Å². The fourth-order valence-corrected chi connectivity index (χ4v) is 3.41. The Balaban J connectivity index is 1.85. The maximum absolute atomic E-state index is 11.9. The SMILES string of the molecule is Cn1ccnc1CNS(=O)(=O)CC1CCCCN1. The van der Waals surface area contributed by atoms with E-state index in [1.165, 1.54) is 0 Å². The van der Waals surface area contributed by atoms with Gasteiger partial charge in [0.1, 0.15) is 5.82 Å². The summed E-state index contributed by atoms with van der Waals surface area (Å²) in [5.41, 5.74) is 0. The fraction of sp³-hybridized carbons (Fsp3) is 0.727. The van der Waals surface area contributed by atoms with Crippen LogP contribution in [0.4, 0.5) is 0 Å². The first kappa shape index (κ1) is 13.5. The summed E-state index contributed by atoms with van der Waals surface area (Å²) in [6, 6.07) is 0.0811. The molecule has 18 heavy (non-hydrogen) atoms. The summed E-state index contributed by atoms with van der Waals surface area (Å²) in [6.45, 7) is 1.16. The average molecular weight is 272 g/mol. The molecule has 0 amide bonds. The van der Waals surface area contributed by atoms with Gasteiger partial charge in [0.05, 0.1) is 12.3 Å². The Kier molecular flexibility index (Phi) is 4.36. The molecular weight excluding hydrogens is 252 g/mol. The molecule has 2 heterocycles. The molecule has 0 bridgehead atoms. The Morgan fingerprint density at radius 1 is 1.56 bits per heavy atom. The van der Waals surface area contributed by atoms with Crippen LogP contribution in [-0.4, -0.2) is 36.3 Å². The molecule has 1 aliphatic heterocycles. The van der Waals surface area contributed by atoms with E-state index >= 15 is 0 Å². The van der Waals surface area contributed by atoms with Crippen molar-refractivity contribution < 1.29 is 8.42 Å². The highest BCUT2D eigenvalue weighted by molar-refractivity contribution is 7.89. The highest BCUT2D eigenvalue weighted by Gasteiger charge is 2.20. The summed E-state index contributed by atoms with van der Waals surface area (Å²) in [5, 5.41) is 3.24. The number of hydrogen-bond donors (Lipinski definition) is 2. The first-order chi connectivity index (χ1) is 8.57. The monoisotopic (exact) mass is 272 g/mol. The second-order valence-corrected chi connectivity index (χ2v) is 6.56.